The molecule has 0 aromatic heterocycles. The number of hydrogen-bond donors (Lipinski definition) is 1. The fraction of sp³-hybridized carbons (Fsp3) is 0.452. The molecule has 0 amide bonds. The molecule has 4 aromatic rings. The monoisotopic (exact) mass is 620 g/mol. The average molecular weight is 621 g/mol. The zero-order valence-electron chi connectivity index (χ0n) is 29.2. The number of rotatable bonds is 18. The van der Waals surface area contributed by atoms with Crippen molar-refractivity contribution in [2.75, 3.05) is 36.5 Å². The van der Waals surface area contributed by atoms with Crippen molar-refractivity contribution in [2.24, 2.45) is 5.41 Å². The van der Waals surface area contributed by atoms with Gasteiger partial charge in [-0.15, -0.1) is 0 Å². The Morgan fingerprint density at radius 3 is 1.96 bits per heavy atom. The summed E-state index contributed by atoms with van der Waals surface area (Å²) in [5.74, 6) is 0.0730. The molecule has 1 N–H and O–H groups in total. The Hall–Kier alpha value is -3.79. The Labute approximate surface area is 278 Å². The standard InChI is InChI=1S/C42H56N2O2/c1-7-42(5,6)41(45)46-31-17-13-11-10-12-16-30-43-39-29-28-38(36-18-14-15-19-37(36)39)40(33-22-20-32(4)21-23-33)34-24-26-35(27-25-34)44(8-2)9-3/h14-15,18-29,40,43H,7-13,16-17,30-31H2,1-6H3. The van der Waals surface area contributed by atoms with E-state index in [1.807, 2.05) is 20.8 Å². The lowest BCUT2D eigenvalue weighted by Crippen LogP contribution is -2.26. The average Bonchev–Trinajstić information content (AvgIpc) is 3.08. The summed E-state index contributed by atoms with van der Waals surface area (Å²) >= 11 is 0. The van der Waals surface area contributed by atoms with Gasteiger partial charge >= 0.3 is 5.97 Å². The van der Waals surface area contributed by atoms with Crippen molar-refractivity contribution in [2.45, 2.75) is 92.4 Å². The highest BCUT2D eigenvalue weighted by Gasteiger charge is 2.26. The number of esters is 1. The second kappa shape index (κ2) is 17.2. The van der Waals surface area contributed by atoms with E-state index in [0.29, 0.717) is 6.61 Å². The number of hydrogen-bond acceptors (Lipinski definition) is 4. The minimum Gasteiger partial charge on any atom is -0.465 e. The van der Waals surface area contributed by atoms with E-state index in [1.54, 1.807) is 0 Å². The molecule has 0 fully saturated rings. The maximum Gasteiger partial charge on any atom is 0.311 e. The van der Waals surface area contributed by atoms with Crippen LogP contribution in [0.25, 0.3) is 10.8 Å². The number of carbonyl (C=O) groups excluding carboxylic acids is 1. The predicted octanol–water partition coefficient (Wildman–Crippen LogP) is 10.9. The van der Waals surface area contributed by atoms with E-state index in [2.05, 4.69) is 116 Å². The van der Waals surface area contributed by atoms with Crippen molar-refractivity contribution in [3.8, 4) is 0 Å². The molecule has 0 spiro atoms. The predicted molar refractivity (Wildman–Crippen MR) is 197 cm³/mol. The molecule has 0 saturated carbocycles. The third-order valence-electron chi connectivity index (χ3n) is 9.59. The highest BCUT2D eigenvalue weighted by molar-refractivity contribution is 5.97. The quantitative estimate of drug-likeness (QED) is 0.0683. The van der Waals surface area contributed by atoms with Gasteiger partial charge in [-0.05, 0) is 94.2 Å². The van der Waals surface area contributed by atoms with E-state index in [-0.39, 0.29) is 17.3 Å². The van der Waals surface area contributed by atoms with Gasteiger partial charge in [0, 0.05) is 42.3 Å². The summed E-state index contributed by atoms with van der Waals surface area (Å²) in [5, 5.41) is 6.33. The normalized spacial score (nSPS) is 12.2. The number of carbonyl (C=O) groups is 1. The first-order valence-electron chi connectivity index (χ1n) is 17.6. The van der Waals surface area contributed by atoms with Gasteiger partial charge in [0.05, 0.1) is 12.0 Å². The van der Waals surface area contributed by atoms with Gasteiger partial charge in [0.25, 0.3) is 0 Å². The summed E-state index contributed by atoms with van der Waals surface area (Å²) in [4.78, 5) is 14.5. The molecular weight excluding hydrogens is 564 g/mol. The van der Waals surface area contributed by atoms with Crippen LogP contribution in [0.3, 0.4) is 0 Å². The van der Waals surface area contributed by atoms with Gasteiger partial charge in [0.2, 0.25) is 0 Å². The number of benzene rings is 4. The molecule has 4 rings (SSSR count). The molecule has 0 radical (unpaired) electrons. The molecule has 0 bridgehead atoms. The molecule has 0 heterocycles. The summed E-state index contributed by atoms with van der Waals surface area (Å²) in [5.41, 5.74) is 7.35. The van der Waals surface area contributed by atoms with Gasteiger partial charge in [0.1, 0.15) is 0 Å². The van der Waals surface area contributed by atoms with Crippen LogP contribution in [0.1, 0.15) is 108 Å². The molecule has 4 aromatic carbocycles. The van der Waals surface area contributed by atoms with Crippen molar-refractivity contribution in [1.29, 1.82) is 0 Å². The fourth-order valence-electron chi connectivity index (χ4n) is 6.17. The van der Waals surface area contributed by atoms with E-state index >= 15 is 0 Å². The lowest BCUT2D eigenvalue weighted by molar-refractivity contribution is -0.154. The maximum absolute atomic E-state index is 12.1. The van der Waals surface area contributed by atoms with Crippen LogP contribution in [0, 0.1) is 12.3 Å². The van der Waals surface area contributed by atoms with E-state index < -0.39 is 0 Å². The zero-order chi connectivity index (χ0) is 32.9. The van der Waals surface area contributed by atoms with Crippen LogP contribution in [0.2, 0.25) is 0 Å². The summed E-state index contributed by atoms with van der Waals surface area (Å²) < 4.78 is 5.48. The Bertz CT molecular complexity index is 1500. The Morgan fingerprint density at radius 1 is 0.739 bits per heavy atom. The molecule has 1 atom stereocenters. The van der Waals surface area contributed by atoms with Gasteiger partial charge in [-0.1, -0.05) is 105 Å². The summed E-state index contributed by atoms with van der Waals surface area (Å²) in [7, 11) is 0. The molecule has 0 saturated heterocycles. The second-order valence-electron chi connectivity index (χ2n) is 13.3. The van der Waals surface area contributed by atoms with Crippen molar-refractivity contribution < 1.29 is 9.53 Å². The van der Waals surface area contributed by atoms with Crippen LogP contribution in [-0.4, -0.2) is 32.2 Å². The van der Waals surface area contributed by atoms with Gasteiger partial charge < -0.3 is 15.0 Å². The second-order valence-corrected chi connectivity index (χ2v) is 13.3. The van der Waals surface area contributed by atoms with E-state index in [1.165, 1.54) is 63.7 Å². The Morgan fingerprint density at radius 2 is 1.33 bits per heavy atom. The minimum atomic E-state index is -0.376. The molecule has 1 unspecified atom stereocenters. The van der Waals surface area contributed by atoms with Gasteiger partial charge in [-0.2, -0.15) is 0 Å². The first-order valence-corrected chi connectivity index (χ1v) is 17.6. The van der Waals surface area contributed by atoms with Crippen molar-refractivity contribution in [3.63, 3.8) is 0 Å². The Kier molecular flexibility index (Phi) is 13.1. The van der Waals surface area contributed by atoms with Crippen molar-refractivity contribution >= 4 is 28.1 Å². The topological polar surface area (TPSA) is 41.6 Å². The van der Waals surface area contributed by atoms with Crippen LogP contribution >= 0.6 is 0 Å². The van der Waals surface area contributed by atoms with Crippen LogP contribution < -0.4 is 10.2 Å². The van der Waals surface area contributed by atoms with Gasteiger partial charge in [-0.3, -0.25) is 4.79 Å². The fourth-order valence-corrected chi connectivity index (χ4v) is 6.17. The first kappa shape index (κ1) is 35.1. The third kappa shape index (κ3) is 9.15. The number of unbranched alkanes of at least 4 members (excludes halogenated alkanes) is 5. The molecule has 0 aliphatic heterocycles. The molecule has 46 heavy (non-hydrogen) atoms. The summed E-state index contributed by atoms with van der Waals surface area (Å²) in [6.07, 6.45) is 7.60. The van der Waals surface area contributed by atoms with Crippen LogP contribution in [0.4, 0.5) is 11.4 Å². The molecule has 246 valence electrons. The van der Waals surface area contributed by atoms with Gasteiger partial charge in [-0.25, -0.2) is 0 Å². The molecule has 0 aliphatic carbocycles. The van der Waals surface area contributed by atoms with Crippen LogP contribution in [-0.2, 0) is 9.53 Å². The molecule has 4 nitrogen and oxygen atoms in total. The molecule has 4 heteroatoms. The number of nitrogens with one attached hydrogen (secondary N) is 1. The highest BCUT2D eigenvalue weighted by Crippen LogP contribution is 2.39. The molecule has 0 aliphatic rings. The summed E-state index contributed by atoms with van der Waals surface area (Å²) in [6.45, 7) is 16.0. The van der Waals surface area contributed by atoms with Gasteiger partial charge in [0.15, 0.2) is 0 Å². The minimum absolute atomic E-state index is 0.0724. The van der Waals surface area contributed by atoms with Crippen molar-refractivity contribution in [1.82, 2.24) is 0 Å². The van der Waals surface area contributed by atoms with E-state index in [4.69, 9.17) is 4.74 Å². The Balaban J connectivity index is 1.40. The number of aryl methyl sites for hydroxylation is 1. The van der Waals surface area contributed by atoms with Crippen LogP contribution in [0.5, 0.6) is 0 Å². The number of nitrogens with zero attached hydrogens (tertiary/aromatic N) is 1. The van der Waals surface area contributed by atoms with E-state index in [9.17, 15) is 4.79 Å². The zero-order valence-corrected chi connectivity index (χ0v) is 29.2. The van der Waals surface area contributed by atoms with Crippen LogP contribution in [0.15, 0.2) is 84.9 Å². The lowest BCUT2D eigenvalue weighted by Gasteiger charge is -2.25. The highest BCUT2D eigenvalue weighted by atomic mass is 16.5. The third-order valence-corrected chi connectivity index (χ3v) is 9.59. The largest absolute Gasteiger partial charge is 0.465 e. The SMILES string of the molecule is CCN(CC)c1ccc(C(c2ccc(C)cc2)c2ccc(NCCCCCCCCOC(=O)C(C)(C)CC)c3ccccc23)cc1. The lowest BCUT2D eigenvalue weighted by atomic mass is 9.82. The number of fused-ring (bicyclic) bond motifs is 1. The number of anilines is 2. The number of ether oxygens (including phenoxy) is 1. The maximum atomic E-state index is 12.1. The smallest absolute Gasteiger partial charge is 0.311 e. The van der Waals surface area contributed by atoms with Crippen molar-refractivity contribution in [3.05, 3.63) is 107 Å². The summed E-state index contributed by atoms with van der Waals surface area (Å²) in [6, 6.07) is 31.7. The molecular formula is C42H56N2O2. The van der Waals surface area contributed by atoms with E-state index in [0.717, 1.165) is 45.3 Å². The first-order chi connectivity index (χ1) is 22.3.